The summed E-state index contributed by atoms with van der Waals surface area (Å²) in [5.74, 6) is -1.35. The molecule has 0 aromatic carbocycles. The number of sulfone groups is 1. The maximum Gasteiger partial charge on any atom is 0.305 e. The zero-order valence-corrected chi connectivity index (χ0v) is 8.08. The molecule has 1 saturated heterocycles. The van der Waals surface area contributed by atoms with Crippen LogP contribution in [0.15, 0.2) is 0 Å². The number of aliphatic hydroxyl groups excluding tert-OH is 1. The molecule has 1 aliphatic heterocycles. The lowest BCUT2D eigenvalue weighted by Gasteiger charge is -2.09. The van der Waals surface area contributed by atoms with Crippen LogP contribution >= 0.6 is 0 Å². The van der Waals surface area contributed by atoms with Crippen molar-refractivity contribution in [3.63, 3.8) is 0 Å². The molecular weight excluding hydrogens is 196 g/mol. The van der Waals surface area contributed by atoms with Crippen molar-refractivity contribution in [2.75, 3.05) is 18.6 Å². The van der Waals surface area contributed by atoms with E-state index >= 15 is 0 Å². The highest BCUT2D eigenvalue weighted by molar-refractivity contribution is 7.91. The third kappa shape index (κ3) is 2.67. The Balaban J connectivity index is 2.59. The van der Waals surface area contributed by atoms with Crippen LogP contribution in [0.4, 0.5) is 0 Å². The standard InChI is InChI=1S/C7H12O5S/c1-12-7(9)2-5-3-13(10,11)4-6(5)8/h5-6,8H,2-4H2,1H3. The molecule has 6 heteroatoms. The highest BCUT2D eigenvalue weighted by Gasteiger charge is 2.37. The zero-order valence-electron chi connectivity index (χ0n) is 7.26. The van der Waals surface area contributed by atoms with E-state index < -0.39 is 27.8 Å². The van der Waals surface area contributed by atoms with Crippen molar-refractivity contribution in [3.8, 4) is 0 Å². The van der Waals surface area contributed by atoms with Gasteiger partial charge in [-0.3, -0.25) is 4.79 Å². The van der Waals surface area contributed by atoms with Crippen LogP contribution in [0.5, 0.6) is 0 Å². The lowest BCUT2D eigenvalue weighted by molar-refractivity contribution is -0.142. The molecule has 5 nitrogen and oxygen atoms in total. The van der Waals surface area contributed by atoms with Gasteiger partial charge in [-0.15, -0.1) is 0 Å². The van der Waals surface area contributed by atoms with Crippen molar-refractivity contribution in [3.05, 3.63) is 0 Å². The van der Waals surface area contributed by atoms with Crippen LogP contribution in [0.2, 0.25) is 0 Å². The average Bonchev–Trinajstić information content (AvgIpc) is 2.24. The van der Waals surface area contributed by atoms with Crippen LogP contribution in [0, 0.1) is 5.92 Å². The second-order valence-corrected chi connectivity index (χ2v) is 5.34. The molecule has 0 bridgehead atoms. The Bertz CT molecular complexity index is 294. The van der Waals surface area contributed by atoms with E-state index in [1.54, 1.807) is 0 Å². The minimum absolute atomic E-state index is 0.0309. The van der Waals surface area contributed by atoms with Gasteiger partial charge in [0, 0.05) is 5.92 Å². The molecule has 1 rings (SSSR count). The summed E-state index contributed by atoms with van der Waals surface area (Å²) in [5, 5.41) is 9.28. The summed E-state index contributed by atoms with van der Waals surface area (Å²) < 4.78 is 26.4. The number of hydrogen-bond donors (Lipinski definition) is 1. The lowest BCUT2D eigenvalue weighted by atomic mass is 10.0. The number of rotatable bonds is 2. The van der Waals surface area contributed by atoms with Crippen LogP contribution < -0.4 is 0 Å². The van der Waals surface area contributed by atoms with Gasteiger partial charge in [-0.25, -0.2) is 8.42 Å². The number of methoxy groups -OCH3 is 1. The van der Waals surface area contributed by atoms with Gasteiger partial charge in [-0.2, -0.15) is 0 Å². The Labute approximate surface area is 76.6 Å². The molecule has 2 unspecified atom stereocenters. The van der Waals surface area contributed by atoms with E-state index in [0.29, 0.717) is 0 Å². The molecule has 2 atom stereocenters. The van der Waals surface area contributed by atoms with Gasteiger partial charge in [-0.05, 0) is 0 Å². The minimum Gasteiger partial charge on any atom is -0.469 e. The van der Waals surface area contributed by atoms with E-state index in [1.165, 1.54) is 7.11 Å². The largest absolute Gasteiger partial charge is 0.469 e. The van der Waals surface area contributed by atoms with E-state index in [2.05, 4.69) is 4.74 Å². The smallest absolute Gasteiger partial charge is 0.305 e. The fourth-order valence-electron chi connectivity index (χ4n) is 1.39. The second kappa shape index (κ2) is 3.63. The third-order valence-electron chi connectivity index (χ3n) is 2.09. The molecule has 0 aromatic heterocycles. The van der Waals surface area contributed by atoms with Gasteiger partial charge < -0.3 is 9.84 Å². The first-order chi connectivity index (χ1) is 5.94. The summed E-state index contributed by atoms with van der Waals surface area (Å²) in [6.45, 7) is 0. The molecule has 0 spiro atoms. The maximum absolute atomic E-state index is 11.0. The SMILES string of the molecule is COC(=O)CC1CS(=O)(=O)CC1O. The van der Waals surface area contributed by atoms with Gasteiger partial charge in [0.05, 0.1) is 31.1 Å². The van der Waals surface area contributed by atoms with Crippen molar-refractivity contribution in [2.45, 2.75) is 12.5 Å². The van der Waals surface area contributed by atoms with Crippen molar-refractivity contribution < 1.29 is 23.1 Å². The first kappa shape index (κ1) is 10.5. The van der Waals surface area contributed by atoms with Gasteiger partial charge in [0.15, 0.2) is 9.84 Å². The zero-order chi connectivity index (χ0) is 10.1. The summed E-state index contributed by atoms with van der Waals surface area (Å²) in [5.41, 5.74) is 0. The van der Waals surface area contributed by atoms with Gasteiger partial charge in [0.1, 0.15) is 0 Å². The molecule has 0 radical (unpaired) electrons. The monoisotopic (exact) mass is 208 g/mol. The van der Waals surface area contributed by atoms with E-state index in [4.69, 9.17) is 0 Å². The molecular formula is C7H12O5S. The van der Waals surface area contributed by atoms with Crippen molar-refractivity contribution in [1.29, 1.82) is 0 Å². The molecule has 0 aromatic rings. The lowest BCUT2D eigenvalue weighted by Crippen LogP contribution is -2.21. The number of carbonyl (C=O) groups excluding carboxylic acids is 1. The van der Waals surface area contributed by atoms with E-state index in [0.717, 1.165) is 0 Å². The molecule has 0 aliphatic carbocycles. The molecule has 1 fully saturated rings. The predicted octanol–water partition coefficient (Wildman–Crippen LogP) is -1.04. The molecule has 1 N–H and O–H groups in total. The highest BCUT2D eigenvalue weighted by atomic mass is 32.2. The van der Waals surface area contributed by atoms with E-state index in [9.17, 15) is 18.3 Å². The second-order valence-electron chi connectivity index (χ2n) is 3.18. The van der Waals surface area contributed by atoms with Gasteiger partial charge in [0.2, 0.25) is 0 Å². The highest BCUT2D eigenvalue weighted by Crippen LogP contribution is 2.22. The molecule has 0 saturated carbocycles. The minimum atomic E-state index is -3.16. The topological polar surface area (TPSA) is 80.7 Å². The maximum atomic E-state index is 11.0. The summed E-state index contributed by atoms with van der Waals surface area (Å²) in [4.78, 5) is 10.8. The van der Waals surface area contributed by atoms with Gasteiger partial charge >= 0.3 is 5.97 Å². The van der Waals surface area contributed by atoms with Gasteiger partial charge in [-0.1, -0.05) is 0 Å². The first-order valence-corrected chi connectivity index (χ1v) is 5.72. The quantitative estimate of drug-likeness (QED) is 0.586. The van der Waals surface area contributed by atoms with Crippen molar-refractivity contribution in [1.82, 2.24) is 0 Å². The number of ether oxygens (including phenoxy) is 1. The Kier molecular flexibility index (Phi) is 2.92. The Hall–Kier alpha value is -0.620. The summed E-state index contributed by atoms with van der Waals surface area (Å²) in [7, 11) is -1.92. The van der Waals surface area contributed by atoms with Gasteiger partial charge in [0.25, 0.3) is 0 Å². The number of hydrogen-bond acceptors (Lipinski definition) is 5. The normalized spacial score (nSPS) is 31.5. The Morgan fingerprint density at radius 1 is 1.54 bits per heavy atom. The molecule has 76 valence electrons. The molecule has 13 heavy (non-hydrogen) atoms. The first-order valence-electron chi connectivity index (χ1n) is 3.90. The number of aliphatic hydroxyl groups is 1. The fraction of sp³-hybridized carbons (Fsp3) is 0.857. The van der Waals surface area contributed by atoms with Crippen LogP contribution in [-0.2, 0) is 19.4 Å². The molecule has 0 amide bonds. The summed E-state index contributed by atoms with van der Waals surface area (Å²) in [6.07, 6.45) is -0.958. The Morgan fingerprint density at radius 2 is 2.15 bits per heavy atom. The van der Waals surface area contributed by atoms with Crippen molar-refractivity contribution in [2.24, 2.45) is 5.92 Å². The van der Waals surface area contributed by atoms with E-state index in [1.807, 2.05) is 0 Å². The predicted molar refractivity (Wildman–Crippen MR) is 44.8 cm³/mol. The molecule has 1 aliphatic rings. The van der Waals surface area contributed by atoms with E-state index in [-0.39, 0.29) is 17.9 Å². The van der Waals surface area contributed by atoms with Crippen LogP contribution in [0.1, 0.15) is 6.42 Å². The number of esters is 1. The molecule has 1 heterocycles. The van der Waals surface area contributed by atoms with Crippen LogP contribution in [-0.4, -0.2) is 44.2 Å². The fourth-order valence-corrected chi connectivity index (χ4v) is 3.31. The summed E-state index contributed by atoms with van der Waals surface area (Å²) in [6, 6.07) is 0. The summed E-state index contributed by atoms with van der Waals surface area (Å²) >= 11 is 0. The van der Waals surface area contributed by atoms with Crippen LogP contribution in [0.25, 0.3) is 0 Å². The number of carbonyl (C=O) groups is 1. The van der Waals surface area contributed by atoms with Crippen LogP contribution in [0.3, 0.4) is 0 Å². The average molecular weight is 208 g/mol. The third-order valence-corrected chi connectivity index (χ3v) is 3.88. The van der Waals surface area contributed by atoms with Crippen molar-refractivity contribution >= 4 is 15.8 Å². The Morgan fingerprint density at radius 3 is 2.54 bits per heavy atom.